The monoisotopic (exact) mass is 339 g/mol. The molecule has 25 heavy (non-hydrogen) atoms. The second-order valence-electron chi connectivity index (χ2n) is 5.70. The highest BCUT2D eigenvalue weighted by Gasteiger charge is 2.18. The number of anilines is 2. The van der Waals surface area contributed by atoms with Gasteiger partial charge in [0.2, 0.25) is 0 Å². The van der Waals surface area contributed by atoms with Crippen LogP contribution in [0.5, 0.6) is 0 Å². The van der Waals surface area contributed by atoms with E-state index in [1.54, 1.807) is 19.1 Å². The Kier molecular flexibility index (Phi) is 4.61. The van der Waals surface area contributed by atoms with Gasteiger partial charge < -0.3 is 10.1 Å². The Morgan fingerprint density at radius 3 is 2.44 bits per heavy atom. The molecule has 1 aromatic heterocycles. The Bertz CT molecular complexity index is 957. The average molecular weight is 339 g/mol. The average Bonchev–Trinajstić information content (AvgIpc) is 2.56. The molecule has 0 atom stereocenters. The Morgan fingerprint density at radius 1 is 1.12 bits per heavy atom. The van der Waals surface area contributed by atoms with Crippen molar-refractivity contribution in [2.45, 2.75) is 20.8 Å². The Balaban J connectivity index is 2.14. The van der Waals surface area contributed by atoms with E-state index in [9.17, 15) is 9.18 Å². The minimum atomic E-state index is -0.575. The van der Waals surface area contributed by atoms with Crippen molar-refractivity contribution in [3.8, 4) is 0 Å². The molecule has 0 amide bonds. The lowest BCUT2D eigenvalue weighted by atomic mass is 10.1. The number of benzene rings is 2. The number of nitrogens with one attached hydrogen (secondary N) is 1. The second-order valence-corrected chi connectivity index (χ2v) is 5.70. The number of nitrogens with zero attached hydrogens (tertiary/aromatic N) is 2. The van der Waals surface area contributed by atoms with Crippen LogP contribution in [-0.2, 0) is 4.74 Å². The summed E-state index contributed by atoms with van der Waals surface area (Å²) < 4.78 is 18.5. The van der Waals surface area contributed by atoms with Gasteiger partial charge in [0.15, 0.2) is 11.5 Å². The van der Waals surface area contributed by atoms with Crippen LogP contribution in [0.1, 0.15) is 28.5 Å². The molecule has 1 heterocycles. The van der Waals surface area contributed by atoms with Gasteiger partial charge in [0, 0.05) is 5.69 Å². The second kappa shape index (κ2) is 6.84. The third kappa shape index (κ3) is 3.57. The molecule has 0 aliphatic carbocycles. The number of ether oxygens (including phenoxy) is 1. The normalized spacial score (nSPS) is 10.7. The van der Waals surface area contributed by atoms with Gasteiger partial charge in [-0.1, -0.05) is 6.07 Å². The van der Waals surface area contributed by atoms with E-state index in [2.05, 4.69) is 15.3 Å². The molecule has 0 radical (unpaired) electrons. The molecule has 1 N–H and O–H groups in total. The minimum Gasteiger partial charge on any atom is -0.461 e. The van der Waals surface area contributed by atoms with E-state index in [1.807, 2.05) is 26.0 Å². The van der Waals surface area contributed by atoms with E-state index < -0.39 is 5.97 Å². The van der Waals surface area contributed by atoms with Crippen LogP contribution in [0.3, 0.4) is 0 Å². The van der Waals surface area contributed by atoms with E-state index >= 15 is 0 Å². The largest absolute Gasteiger partial charge is 0.461 e. The van der Waals surface area contributed by atoms with Crippen LogP contribution >= 0.6 is 0 Å². The number of carbonyl (C=O) groups is 1. The first-order valence-electron chi connectivity index (χ1n) is 7.96. The fourth-order valence-electron chi connectivity index (χ4n) is 2.44. The fraction of sp³-hybridized carbons (Fsp3) is 0.211. The SMILES string of the molecule is CCOC(=O)c1nc2cc(C)c(C)cc2nc1Nc1cccc(F)c1. The van der Waals surface area contributed by atoms with Crippen molar-refractivity contribution in [3.63, 3.8) is 0 Å². The molecule has 2 aromatic carbocycles. The van der Waals surface area contributed by atoms with Crippen LogP contribution < -0.4 is 5.32 Å². The molecule has 0 bridgehead atoms. The zero-order valence-corrected chi connectivity index (χ0v) is 14.3. The first kappa shape index (κ1) is 16.8. The van der Waals surface area contributed by atoms with E-state index in [4.69, 9.17) is 4.74 Å². The summed E-state index contributed by atoms with van der Waals surface area (Å²) in [6.07, 6.45) is 0. The smallest absolute Gasteiger partial charge is 0.360 e. The van der Waals surface area contributed by atoms with Gasteiger partial charge >= 0.3 is 5.97 Å². The molecule has 0 saturated heterocycles. The summed E-state index contributed by atoms with van der Waals surface area (Å²) in [6, 6.07) is 9.71. The molecule has 6 heteroatoms. The highest BCUT2D eigenvalue weighted by atomic mass is 19.1. The number of aryl methyl sites for hydroxylation is 2. The molecule has 128 valence electrons. The van der Waals surface area contributed by atoms with Crippen molar-refractivity contribution < 1.29 is 13.9 Å². The Labute approximate surface area is 144 Å². The number of aromatic nitrogens is 2. The number of esters is 1. The van der Waals surface area contributed by atoms with Gasteiger partial charge in [-0.25, -0.2) is 19.2 Å². The molecule has 3 rings (SSSR count). The fourth-order valence-corrected chi connectivity index (χ4v) is 2.44. The van der Waals surface area contributed by atoms with Crippen LogP contribution in [0.15, 0.2) is 36.4 Å². The number of rotatable bonds is 4. The van der Waals surface area contributed by atoms with Crippen LogP contribution in [-0.4, -0.2) is 22.5 Å². The summed E-state index contributed by atoms with van der Waals surface area (Å²) in [5.41, 5.74) is 3.93. The number of halogens is 1. The molecular weight excluding hydrogens is 321 g/mol. The molecule has 0 unspecified atom stereocenters. The highest BCUT2D eigenvalue weighted by molar-refractivity contribution is 5.96. The summed E-state index contributed by atoms with van der Waals surface area (Å²) in [5, 5.41) is 2.96. The van der Waals surface area contributed by atoms with Crippen molar-refractivity contribution in [2.75, 3.05) is 11.9 Å². The van der Waals surface area contributed by atoms with E-state index in [-0.39, 0.29) is 23.9 Å². The third-order valence-electron chi connectivity index (χ3n) is 3.84. The quantitative estimate of drug-likeness (QED) is 0.718. The minimum absolute atomic E-state index is 0.0712. The zero-order chi connectivity index (χ0) is 18.0. The van der Waals surface area contributed by atoms with Gasteiger partial charge in [-0.2, -0.15) is 0 Å². The summed E-state index contributed by atoms with van der Waals surface area (Å²) in [5.74, 6) is -0.725. The Morgan fingerprint density at radius 2 is 1.80 bits per heavy atom. The van der Waals surface area contributed by atoms with Crippen LogP contribution in [0.4, 0.5) is 15.9 Å². The molecule has 0 fully saturated rings. The maximum absolute atomic E-state index is 13.4. The highest BCUT2D eigenvalue weighted by Crippen LogP contribution is 2.24. The van der Waals surface area contributed by atoms with E-state index in [0.29, 0.717) is 16.7 Å². The molecule has 5 nitrogen and oxygen atoms in total. The Hall–Kier alpha value is -3.02. The molecule has 0 saturated carbocycles. The van der Waals surface area contributed by atoms with Gasteiger partial charge in [-0.3, -0.25) is 0 Å². The maximum atomic E-state index is 13.4. The van der Waals surface area contributed by atoms with Gasteiger partial charge in [-0.05, 0) is 62.2 Å². The standard InChI is InChI=1S/C19H18FN3O2/c1-4-25-19(24)17-18(21-14-7-5-6-13(20)10-14)23-16-9-12(3)11(2)8-15(16)22-17/h5-10H,4H2,1-3H3,(H,21,23). The van der Waals surface area contributed by atoms with Crippen molar-refractivity contribution in [2.24, 2.45) is 0 Å². The van der Waals surface area contributed by atoms with Crippen molar-refractivity contribution in [1.82, 2.24) is 9.97 Å². The number of hydrogen-bond acceptors (Lipinski definition) is 5. The number of carbonyl (C=O) groups excluding carboxylic acids is 1. The zero-order valence-electron chi connectivity index (χ0n) is 14.3. The predicted octanol–water partition coefficient (Wildman–Crippen LogP) is 4.31. The lowest BCUT2D eigenvalue weighted by Crippen LogP contribution is -2.12. The van der Waals surface area contributed by atoms with Gasteiger partial charge in [-0.15, -0.1) is 0 Å². The van der Waals surface area contributed by atoms with Gasteiger partial charge in [0.25, 0.3) is 0 Å². The molecular formula is C19H18FN3O2. The predicted molar refractivity (Wildman–Crippen MR) is 94.7 cm³/mol. The summed E-state index contributed by atoms with van der Waals surface area (Å²) in [4.78, 5) is 21.2. The van der Waals surface area contributed by atoms with E-state index in [0.717, 1.165) is 11.1 Å². The first-order chi connectivity index (χ1) is 12.0. The molecule has 3 aromatic rings. The summed E-state index contributed by atoms with van der Waals surface area (Å²) in [6.45, 7) is 5.90. The van der Waals surface area contributed by atoms with E-state index in [1.165, 1.54) is 12.1 Å². The maximum Gasteiger partial charge on any atom is 0.360 e. The van der Waals surface area contributed by atoms with Gasteiger partial charge in [0.1, 0.15) is 5.82 Å². The first-order valence-corrected chi connectivity index (χ1v) is 7.96. The summed E-state index contributed by atoms with van der Waals surface area (Å²) >= 11 is 0. The number of hydrogen-bond donors (Lipinski definition) is 1. The third-order valence-corrected chi connectivity index (χ3v) is 3.84. The van der Waals surface area contributed by atoms with Crippen molar-refractivity contribution in [3.05, 3.63) is 59.0 Å². The van der Waals surface area contributed by atoms with Crippen LogP contribution in [0, 0.1) is 19.7 Å². The van der Waals surface area contributed by atoms with Crippen LogP contribution in [0.2, 0.25) is 0 Å². The molecule has 0 spiro atoms. The van der Waals surface area contributed by atoms with Crippen LogP contribution in [0.25, 0.3) is 11.0 Å². The van der Waals surface area contributed by atoms with Crippen molar-refractivity contribution >= 4 is 28.5 Å². The number of fused-ring (bicyclic) bond motifs is 1. The van der Waals surface area contributed by atoms with Gasteiger partial charge in [0.05, 0.1) is 17.6 Å². The molecule has 0 aliphatic heterocycles. The lowest BCUT2D eigenvalue weighted by Gasteiger charge is -2.12. The van der Waals surface area contributed by atoms with Crippen molar-refractivity contribution in [1.29, 1.82) is 0 Å². The topological polar surface area (TPSA) is 64.1 Å². The summed E-state index contributed by atoms with van der Waals surface area (Å²) in [7, 11) is 0. The lowest BCUT2D eigenvalue weighted by molar-refractivity contribution is 0.0521. The molecule has 0 aliphatic rings.